The van der Waals surface area contributed by atoms with E-state index in [2.05, 4.69) is 5.32 Å². The molecule has 3 aromatic rings. The normalized spacial score (nSPS) is 14.8. The molecular weight excluding hydrogens is 480 g/mol. The number of carbonyl (C=O) groups is 2. The van der Waals surface area contributed by atoms with Crippen LogP contribution in [0.4, 0.5) is 11.4 Å². The lowest BCUT2D eigenvalue weighted by molar-refractivity contribution is -0.125. The average molecular weight is 507 g/mol. The highest BCUT2D eigenvalue weighted by atomic mass is 35.5. The van der Waals surface area contributed by atoms with Crippen molar-refractivity contribution >= 4 is 40.9 Å². The lowest BCUT2D eigenvalue weighted by Gasteiger charge is -2.33. The van der Waals surface area contributed by atoms with Crippen molar-refractivity contribution in [1.29, 1.82) is 0 Å². The largest absolute Gasteiger partial charge is 0.493 e. The Hall–Kier alpha value is -3.97. The highest BCUT2D eigenvalue weighted by Gasteiger charge is 2.32. The van der Waals surface area contributed by atoms with Gasteiger partial charge in [-0.3, -0.25) is 9.59 Å². The van der Waals surface area contributed by atoms with Gasteiger partial charge in [0, 0.05) is 16.8 Å². The number of nitrogens with one attached hydrogen (secondary N) is 1. The highest BCUT2D eigenvalue weighted by molar-refractivity contribution is 6.31. The number of amides is 2. The summed E-state index contributed by atoms with van der Waals surface area (Å²) in [6.45, 7) is 4.42. The summed E-state index contributed by atoms with van der Waals surface area (Å²) in [5, 5.41) is 3.42. The number of rotatable bonds is 8. The van der Waals surface area contributed by atoms with E-state index in [4.69, 9.17) is 25.8 Å². The van der Waals surface area contributed by atoms with Gasteiger partial charge in [0.2, 0.25) is 5.91 Å². The fraction of sp³-hybridized carbons (Fsp3) is 0.214. The Kier molecular flexibility index (Phi) is 7.80. The van der Waals surface area contributed by atoms with E-state index in [1.54, 1.807) is 61.4 Å². The highest BCUT2D eigenvalue weighted by Crippen LogP contribution is 2.38. The lowest BCUT2D eigenvalue weighted by Crippen LogP contribution is -2.44. The monoisotopic (exact) mass is 506 g/mol. The van der Waals surface area contributed by atoms with E-state index in [9.17, 15) is 9.59 Å². The van der Waals surface area contributed by atoms with Gasteiger partial charge >= 0.3 is 0 Å². The quantitative estimate of drug-likeness (QED) is 0.396. The van der Waals surface area contributed by atoms with Gasteiger partial charge in [0.1, 0.15) is 5.75 Å². The smallest absolute Gasteiger partial charge is 0.268 e. The van der Waals surface area contributed by atoms with Crippen LogP contribution in [0.1, 0.15) is 25.0 Å². The van der Waals surface area contributed by atoms with Gasteiger partial charge < -0.3 is 24.4 Å². The number of halogens is 1. The summed E-state index contributed by atoms with van der Waals surface area (Å²) in [7, 11) is 1.57. The summed E-state index contributed by atoms with van der Waals surface area (Å²) in [6, 6.07) is 18.0. The van der Waals surface area contributed by atoms with Crippen molar-refractivity contribution in [2.24, 2.45) is 0 Å². The molecule has 1 unspecified atom stereocenters. The number of methoxy groups -OCH3 is 1. The Bertz CT molecular complexity index is 1310. The van der Waals surface area contributed by atoms with Crippen molar-refractivity contribution in [1.82, 2.24) is 0 Å². The molecule has 0 saturated heterocycles. The summed E-state index contributed by atoms with van der Waals surface area (Å²) >= 11 is 6.33. The first-order chi connectivity index (χ1) is 17.4. The predicted octanol–water partition coefficient (Wildman–Crippen LogP) is 5.71. The van der Waals surface area contributed by atoms with Gasteiger partial charge in [-0.25, -0.2) is 0 Å². The van der Waals surface area contributed by atoms with Crippen LogP contribution < -0.4 is 24.4 Å². The molecule has 0 bridgehead atoms. The van der Waals surface area contributed by atoms with Gasteiger partial charge in [0.25, 0.3) is 5.91 Å². The number of hydrogen-bond acceptors (Lipinski definition) is 5. The Morgan fingerprint density at radius 2 is 1.94 bits per heavy atom. The zero-order valence-electron chi connectivity index (χ0n) is 20.3. The van der Waals surface area contributed by atoms with Gasteiger partial charge in [-0.05, 0) is 67.4 Å². The number of fused-ring (bicyclic) bond motifs is 1. The molecule has 0 aromatic heterocycles. The van der Waals surface area contributed by atoms with Gasteiger partial charge in [0.05, 0.1) is 25.9 Å². The summed E-state index contributed by atoms with van der Waals surface area (Å²) < 4.78 is 16.7. The molecule has 0 fully saturated rings. The molecule has 1 aliphatic heterocycles. The number of carbonyl (C=O) groups excluding carboxylic acids is 2. The Labute approximate surface area is 215 Å². The van der Waals surface area contributed by atoms with Crippen molar-refractivity contribution in [3.05, 3.63) is 82.9 Å². The molecule has 0 radical (unpaired) electrons. The van der Waals surface area contributed by atoms with Crippen molar-refractivity contribution < 1.29 is 23.8 Å². The number of benzene rings is 3. The molecule has 186 valence electrons. The molecule has 0 saturated carbocycles. The Balaban J connectivity index is 1.52. The number of anilines is 2. The molecule has 2 amide bonds. The van der Waals surface area contributed by atoms with E-state index in [-0.39, 0.29) is 18.4 Å². The average Bonchev–Trinajstić information content (AvgIpc) is 2.87. The molecule has 1 heterocycles. The minimum Gasteiger partial charge on any atom is -0.493 e. The first-order valence-corrected chi connectivity index (χ1v) is 11.9. The second kappa shape index (κ2) is 11.2. The molecule has 1 N–H and O–H groups in total. The van der Waals surface area contributed by atoms with Gasteiger partial charge in [-0.2, -0.15) is 0 Å². The maximum Gasteiger partial charge on any atom is 0.268 e. The van der Waals surface area contributed by atoms with Crippen LogP contribution in [0.3, 0.4) is 0 Å². The molecule has 36 heavy (non-hydrogen) atoms. The topological polar surface area (TPSA) is 77.1 Å². The zero-order valence-corrected chi connectivity index (χ0v) is 21.0. The maximum absolute atomic E-state index is 13.0. The van der Waals surface area contributed by atoms with Crippen LogP contribution in [0.2, 0.25) is 5.02 Å². The summed E-state index contributed by atoms with van der Waals surface area (Å²) in [5.41, 5.74) is 2.70. The molecule has 7 nitrogen and oxygen atoms in total. The van der Waals surface area contributed by atoms with Crippen molar-refractivity contribution in [2.45, 2.75) is 26.5 Å². The molecule has 3 aromatic carbocycles. The third kappa shape index (κ3) is 5.63. The van der Waals surface area contributed by atoms with Crippen molar-refractivity contribution in [3.8, 4) is 17.2 Å². The first-order valence-electron chi connectivity index (χ1n) is 11.5. The number of hydrogen-bond donors (Lipinski definition) is 1. The molecule has 0 spiro atoms. The zero-order chi connectivity index (χ0) is 25.7. The van der Waals surface area contributed by atoms with E-state index in [1.165, 1.54) is 6.08 Å². The van der Waals surface area contributed by atoms with Crippen LogP contribution in [-0.2, 0) is 16.1 Å². The molecule has 0 aliphatic carbocycles. The second-order valence-electron chi connectivity index (χ2n) is 8.12. The second-order valence-corrected chi connectivity index (χ2v) is 8.53. The number of nitrogens with zero attached hydrogens (tertiary/aromatic N) is 1. The Morgan fingerprint density at radius 1 is 1.14 bits per heavy atom. The fourth-order valence-corrected chi connectivity index (χ4v) is 4.06. The van der Waals surface area contributed by atoms with E-state index in [0.29, 0.717) is 40.3 Å². The van der Waals surface area contributed by atoms with Crippen LogP contribution in [-0.4, -0.2) is 31.6 Å². The van der Waals surface area contributed by atoms with Gasteiger partial charge in [-0.1, -0.05) is 35.9 Å². The standard InChI is InChI=1S/C28H27ClN2O5/c1-4-35-25-12-9-19(15-26(25)34-3)10-14-27(32)30-21-11-13-24-23(16-21)31(28(33)18(2)36-24)17-20-7-5-6-8-22(20)29/h5-16,18H,4,17H2,1-3H3,(H,30,32)/b14-10+. The minimum atomic E-state index is -0.630. The maximum atomic E-state index is 13.0. The summed E-state index contributed by atoms with van der Waals surface area (Å²) in [5.74, 6) is 1.28. The van der Waals surface area contributed by atoms with Gasteiger partial charge in [0.15, 0.2) is 17.6 Å². The third-order valence-electron chi connectivity index (χ3n) is 5.64. The molecule has 1 atom stereocenters. The molecule has 4 rings (SSSR count). The third-order valence-corrected chi connectivity index (χ3v) is 6.00. The van der Waals surface area contributed by atoms with Crippen LogP contribution in [0.25, 0.3) is 6.08 Å². The van der Waals surface area contributed by atoms with Crippen LogP contribution in [0.5, 0.6) is 17.2 Å². The minimum absolute atomic E-state index is 0.185. The number of ether oxygens (including phenoxy) is 3. The molecule has 1 aliphatic rings. The summed E-state index contributed by atoms with van der Waals surface area (Å²) in [4.78, 5) is 27.2. The fourth-order valence-electron chi connectivity index (χ4n) is 3.86. The lowest BCUT2D eigenvalue weighted by atomic mass is 10.1. The van der Waals surface area contributed by atoms with E-state index < -0.39 is 6.10 Å². The molecular formula is C28H27ClN2O5. The van der Waals surface area contributed by atoms with E-state index >= 15 is 0 Å². The molecule has 8 heteroatoms. The first kappa shape index (κ1) is 25.1. The summed E-state index contributed by atoms with van der Waals surface area (Å²) in [6.07, 6.45) is 2.48. The SMILES string of the molecule is CCOc1ccc(/C=C/C(=O)Nc2ccc3c(c2)N(Cc2ccccc2Cl)C(=O)C(C)O3)cc1OC. The van der Waals surface area contributed by atoms with Gasteiger partial charge in [-0.15, -0.1) is 0 Å². The van der Waals surface area contributed by atoms with Crippen LogP contribution in [0.15, 0.2) is 66.7 Å². The van der Waals surface area contributed by atoms with Crippen LogP contribution >= 0.6 is 11.6 Å². The predicted molar refractivity (Wildman–Crippen MR) is 141 cm³/mol. The van der Waals surface area contributed by atoms with Crippen molar-refractivity contribution in [3.63, 3.8) is 0 Å². The van der Waals surface area contributed by atoms with E-state index in [1.807, 2.05) is 31.2 Å². The van der Waals surface area contributed by atoms with E-state index in [0.717, 1.165) is 11.1 Å². The van der Waals surface area contributed by atoms with Crippen LogP contribution in [0, 0.1) is 0 Å². The van der Waals surface area contributed by atoms with Crippen molar-refractivity contribution in [2.75, 3.05) is 23.9 Å². The Morgan fingerprint density at radius 3 is 2.69 bits per heavy atom.